The van der Waals surface area contributed by atoms with Gasteiger partial charge in [-0.15, -0.1) is 0 Å². The Hall–Kier alpha value is -2.58. The lowest BCUT2D eigenvalue weighted by Gasteiger charge is -2.23. The SMILES string of the molecule is CCn1ccc(NC(=O)C(CC2CCCC2)n2cc(C(F)(F)F)ccc2=O)n1. The Morgan fingerprint density at radius 1 is 1.29 bits per heavy atom. The van der Waals surface area contributed by atoms with Crippen molar-refractivity contribution >= 4 is 11.7 Å². The fourth-order valence-electron chi connectivity index (χ4n) is 3.64. The van der Waals surface area contributed by atoms with Crippen LogP contribution in [0.4, 0.5) is 19.0 Å². The number of nitrogens with one attached hydrogen (secondary N) is 1. The van der Waals surface area contributed by atoms with Crippen LogP contribution >= 0.6 is 0 Å². The highest BCUT2D eigenvalue weighted by atomic mass is 19.4. The van der Waals surface area contributed by atoms with Crippen molar-refractivity contribution in [1.29, 1.82) is 0 Å². The number of hydrogen-bond donors (Lipinski definition) is 1. The molecule has 3 rings (SSSR count). The van der Waals surface area contributed by atoms with Crippen molar-refractivity contribution in [2.75, 3.05) is 5.32 Å². The molecule has 2 heterocycles. The van der Waals surface area contributed by atoms with Crippen LogP contribution in [0, 0.1) is 5.92 Å². The second-order valence-electron chi connectivity index (χ2n) is 7.11. The summed E-state index contributed by atoms with van der Waals surface area (Å²) < 4.78 is 41.9. The van der Waals surface area contributed by atoms with Crippen LogP contribution in [0.5, 0.6) is 0 Å². The fourth-order valence-corrected chi connectivity index (χ4v) is 3.64. The summed E-state index contributed by atoms with van der Waals surface area (Å²) in [5.41, 5.74) is -1.59. The molecular weight excluding hydrogens is 373 g/mol. The molecule has 0 saturated heterocycles. The second-order valence-corrected chi connectivity index (χ2v) is 7.11. The molecule has 0 bridgehead atoms. The van der Waals surface area contributed by atoms with Crippen LogP contribution in [-0.4, -0.2) is 20.3 Å². The molecule has 2 aromatic rings. The first-order valence-electron chi connectivity index (χ1n) is 9.41. The van der Waals surface area contributed by atoms with Crippen molar-refractivity contribution in [1.82, 2.24) is 14.3 Å². The maximum atomic E-state index is 13.1. The first-order valence-corrected chi connectivity index (χ1v) is 9.41. The van der Waals surface area contributed by atoms with E-state index in [0.29, 0.717) is 18.8 Å². The Labute approximate surface area is 160 Å². The summed E-state index contributed by atoms with van der Waals surface area (Å²) in [5, 5.41) is 6.82. The molecule has 9 heteroatoms. The number of aromatic nitrogens is 3. The minimum absolute atomic E-state index is 0.199. The van der Waals surface area contributed by atoms with E-state index in [1.54, 1.807) is 16.9 Å². The monoisotopic (exact) mass is 396 g/mol. The molecule has 1 aliphatic rings. The summed E-state index contributed by atoms with van der Waals surface area (Å²) >= 11 is 0. The van der Waals surface area contributed by atoms with Gasteiger partial charge in [0.25, 0.3) is 5.56 Å². The number of carbonyl (C=O) groups excluding carboxylic acids is 1. The number of amides is 1. The molecular formula is C19H23F3N4O2. The number of aryl methyl sites for hydroxylation is 1. The molecule has 1 N–H and O–H groups in total. The van der Waals surface area contributed by atoms with E-state index in [2.05, 4.69) is 10.4 Å². The molecule has 1 saturated carbocycles. The maximum Gasteiger partial charge on any atom is 0.417 e. The third-order valence-electron chi connectivity index (χ3n) is 5.15. The number of anilines is 1. The van der Waals surface area contributed by atoms with Crippen LogP contribution in [0.3, 0.4) is 0 Å². The average molecular weight is 396 g/mol. The van der Waals surface area contributed by atoms with Crippen molar-refractivity contribution in [3.8, 4) is 0 Å². The zero-order chi connectivity index (χ0) is 20.3. The average Bonchev–Trinajstić information content (AvgIpc) is 3.31. The second kappa shape index (κ2) is 8.20. The number of carbonyl (C=O) groups is 1. The van der Waals surface area contributed by atoms with Gasteiger partial charge in [-0.2, -0.15) is 18.3 Å². The largest absolute Gasteiger partial charge is 0.417 e. The summed E-state index contributed by atoms with van der Waals surface area (Å²) in [5.74, 6) is -0.0247. The van der Waals surface area contributed by atoms with Crippen molar-refractivity contribution in [3.63, 3.8) is 0 Å². The lowest BCUT2D eigenvalue weighted by Crippen LogP contribution is -2.35. The van der Waals surface area contributed by atoms with Crippen molar-refractivity contribution < 1.29 is 18.0 Å². The number of rotatable bonds is 6. The van der Waals surface area contributed by atoms with Gasteiger partial charge in [-0.25, -0.2) is 0 Å². The standard InChI is InChI=1S/C19H23F3N4O2/c1-2-25-10-9-16(24-25)23-18(28)15(11-13-5-3-4-6-13)26-12-14(19(20,21)22)7-8-17(26)27/h7-10,12-13,15H,2-6,11H2,1H3,(H,23,24,28). The molecule has 6 nitrogen and oxygen atoms in total. The zero-order valence-corrected chi connectivity index (χ0v) is 15.6. The van der Waals surface area contributed by atoms with Gasteiger partial charge < -0.3 is 9.88 Å². The third kappa shape index (κ3) is 4.63. The van der Waals surface area contributed by atoms with E-state index in [0.717, 1.165) is 48.6 Å². The van der Waals surface area contributed by atoms with Crippen molar-refractivity contribution in [2.45, 2.75) is 57.8 Å². The van der Waals surface area contributed by atoms with Gasteiger partial charge >= 0.3 is 6.18 Å². The Morgan fingerprint density at radius 2 is 2.00 bits per heavy atom. The number of hydrogen-bond acceptors (Lipinski definition) is 3. The predicted octanol–water partition coefficient (Wildman–Crippen LogP) is 3.84. The first-order chi connectivity index (χ1) is 13.3. The summed E-state index contributed by atoms with van der Waals surface area (Å²) in [4.78, 5) is 25.2. The maximum absolute atomic E-state index is 13.1. The van der Waals surface area contributed by atoms with Crippen LogP contribution in [0.15, 0.2) is 35.4 Å². The number of nitrogens with zero attached hydrogens (tertiary/aromatic N) is 3. The van der Waals surface area contributed by atoms with Crippen molar-refractivity contribution in [3.05, 3.63) is 46.5 Å². The number of pyridine rings is 1. The summed E-state index contributed by atoms with van der Waals surface area (Å²) in [6, 6.07) is 2.20. The Kier molecular flexibility index (Phi) is 5.90. The normalized spacial score (nSPS) is 16.3. The highest BCUT2D eigenvalue weighted by Gasteiger charge is 2.33. The van der Waals surface area contributed by atoms with Crippen molar-refractivity contribution in [2.24, 2.45) is 5.92 Å². The van der Waals surface area contributed by atoms with Crippen LogP contribution in [0.2, 0.25) is 0 Å². The fraction of sp³-hybridized carbons (Fsp3) is 0.526. The molecule has 1 atom stereocenters. The van der Waals surface area contributed by atoms with Crippen LogP contribution < -0.4 is 10.9 Å². The Morgan fingerprint density at radius 3 is 2.61 bits per heavy atom. The molecule has 1 unspecified atom stereocenters. The first kappa shape index (κ1) is 20.2. The molecule has 28 heavy (non-hydrogen) atoms. The van der Waals surface area contributed by atoms with Gasteiger partial charge in [-0.3, -0.25) is 14.3 Å². The van der Waals surface area contributed by atoms with Crippen LogP contribution in [0.1, 0.15) is 50.6 Å². The minimum Gasteiger partial charge on any atom is -0.307 e. The van der Waals surface area contributed by atoms with E-state index in [-0.39, 0.29) is 5.92 Å². The van der Waals surface area contributed by atoms with E-state index >= 15 is 0 Å². The van der Waals surface area contributed by atoms with Crippen LogP contribution in [-0.2, 0) is 17.5 Å². The van der Waals surface area contributed by atoms with E-state index in [1.165, 1.54) is 0 Å². The Bertz CT molecular complexity index is 882. The minimum atomic E-state index is -4.59. The third-order valence-corrected chi connectivity index (χ3v) is 5.15. The highest BCUT2D eigenvalue weighted by Crippen LogP contribution is 2.33. The van der Waals surface area contributed by atoms with Gasteiger partial charge in [0.2, 0.25) is 5.91 Å². The smallest absolute Gasteiger partial charge is 0.307 e. The molecule has 2 aromatic heterocycles. The lowest BCUT2D eigenvalue weighted by molar-refractivity contribution is -0.138. The molecule has 0 radical (unpaired) electrons. The van der Waals surface area contributed by atoms with E-state index < -0.39 is 29.2 Å². The van der Waals surface area contributed by atoms with E-state index in [4.69, 9.17) is 0 Å². The molecule has 1 aliphatic carbocycles. The van der Waals surface area contributed by atoms with Crippen LogP contribution in [0.25, 0.3) is 0 Å². The van der Waals surface area contributed by atoms with Gasteiger partial charge in [0.05, 0.1) is 5.56 Å². The summed E-state index contributed by atoms with van der Waals surface area (Å²) in [6.07, 6.45) is 2.02. The molecule has 1 amide bonds. The van der Waals surface area contributed by atoms with E-state index in [9.17, 15) is 22.8 Å². The lowest BCUT2D eigenvalue weighted by atomic mass is 9.97. The summed E-state index contributed by atoms with van der Waals surface area (Å²) in [7, 11) is 0. The van der Waals surface area contributed by atoms with Gasteiger partial charge in [0, 0.05) is 31.1 Å². The van der Waals surface area contributed by atoms with Gasteiger partial charge in [-0.1, -0.05) is 25.7 Å². The molecule has 0 spiro atoms. The number of halogens is 3. The van der Waals surface area contributed by atoms with Gasteiger partial charge in [0.1, 0.15) is 6.04 Å². The Balaban J connectivity index is 1.92. The molecule has 152 valence electrons. The van der Waals surface area contributed by atoms with Gasteiger partial charge in [-0.05, 0) is 25.3 Å². The van der Waals surface area contributed by atoms with E-state index in [1.807, 2.05) is 6.92 Å². The summed E-state index contributed by atoms with van der Waals surface area (Å²) in [6.45, 7) is 2.51. The van der Waals surface area contributed by atoms with Gasteiger partial charge in [0.15, 0.2) is 5.82 Å². The topological polar surface area (TPSA) is 68.9 Å². The number of alkyl halides is 3. The highest BCUT2D eigenvalue weighted by molar-refractivity contribution is 5.92. The zero-order valence-electron chi connectivity index (χ0n) is 15.6. The predicted molar refractivity (Wildman–Crippen MR) is 97.8 cm³/mol. The molecule has 0 aromatic carbocycles. The molecule has 0 aliphatic heterocycles. The quantitative estimate of drug-likeness (QED) is 0.807. The molecule has 1 fully saturated rings.